The van der Waals surface area contributed by atoms with Crippen LogP contribution in [0.1, 0.15) is 31.2 Å². The fraction of sp³-hybridized carbons (Fsp3) is 0.600. The van der Waals surface area contributed by atoms with Gasteiger partial charge in [-0.05, 0) is 37.1 Å². The molecule has 2 aliphatic rings. The maximum Gasteiger partial charge on any atom is 0.416 e. The zero-order chi connectivity index (χ0) is 14.2. The lowest BCUT2D eigenvalue weighted by Crippen LogP contribution is -2.59. The Morgan fingerprint density at radius 3 is 2.45 bits per heavy atom. The molecule has 1 N–H and O–H groups in total. The monoisotopic (exact) mass is 284 g/mol. The Balaban J connectivity index is 1.80. The van der Waals surface area contributed by atoms with E-state index in [2.05, 4.69) is 10.2 Å². The molecule has 1 aromatic rings. The van der Waals surface area contributed by atoms with Crippen molar-refractivity contribution in [2.75, 3.05) is 18.0 Å². The molecule has 1 aromatic carbocycles. The summed E-state index contributed by atoms with van der Waals surface area (Å²) in [6, 6.07) is 6.51. The third kappa shape index (κ3) is 2.64. The largest absolute Gasteiger partial charge is 0.416 e. The molecule has 0 radical (unpaired) electrons. The van der Waals surface area contributed by atoms with Crippen LogP contribution in [-0.4, -0.2) is 25.2 Å². The minimum atomic E-state index is -4.25. The van der Waals surface area contributed by atoms with Crippen LogP contribution < -0.4 is 10.2 Å². The standard InChI is InChI=1S/C15H19F3N2/c16-15(17,18)11-5-7-12(8-6-11)20-10-9-19-13-3-1-2-4-14(13)20/h5-8,13-14,19H,1-4,9-10H2/t13-,14+/m1/s1. The van der Waals surface area contributed by atoms with E-state index < -0.39 is 11.7 Å². The number of hydrogen-bond donors (Lipinski definition) is 1. The van der Waals surface area contributed by atoms with E-state index in [0.29, 0.717) is 12.1 Å². The molecule has 5 heteroatoms. The maximum atomic E-state index is 12.6. The molecule has 0 aromatic heterocycles. The van der Waals surface area contributed by atoms with E-state index in [1.54, 1.807) is 12.1 Å². The molecule has 0 bridgehead atoms. The van der Waals surface area contributed by atoms with Crippen LogP contribution in [0.2, 0.25) is 0 Å². The van der Waals surface area contributed by atoms with Crippen molar-refractivity contribution in [3.05, 3.63) is 29.8 Å². The number of rotatable bonds is 1. The van der Waals surface area contributed by atoms with Crippen molar-refractivity contribution >= 4 is 5.69 Å². The predicted molar refractivity (Wildman–Crippen MR) is 72.8 cm³/mol. The number of hydrogen-bond acceptors (Lipinski definition) is 2. The maximum absolute atomic E-state index is 12.6. The quantitative estimate of drug-likeness (QED) is 0.850. The number of halogens is 3. The average molecular weight is 284 g/mol. The van der Waals surface area contributed by atoms with Crippen molar-refractivity contribution in [3.63, 3.8) is 0 Å². The minimum Gasteiger partial charge on any atom is -0.366 e. The SMILES string of the molecule is FC(F)(F)c1ccc(N2CCN[C@@H]3CCCC[C@@H]32)cc1. The first-order valence-corrected chi connectivity index (χ1v) is 7.23. The molecule has 1 aliphatic carbocycles. The van der Waals surface area contributed by atoms with Gasteiger partial charge < -0.3 is 10.2 Å². The number of nitrogens with zero attached hydrogens (tertiary/aromatic N) is 1. The van der Waals surface area contributed by atoms with Crippen molar-refractivity contribution in [1.82, 2.24) is 5.32 Å². The van der Waals surface area contributed by atoms with E-state index in [0.717, 1.165) is 25.2 Å². The van der Waals surface area contributed by atoms with Gasteiger partial charge in [0.05, 0.1) is 5.56 Å². The van der Waals surface area contributed by atoms with Crippen molar-refractivity contribution in [2.45, 2.75) is 43.9 Å². The van der Waals surface area contributed by atoms with Crippen LogP contribution in [-0.2, 0) is 6.18 Å². The Kier molecular flexibility index (Phi) is 3.63. The van der Waals surface area contributed by atoms with E-state index in [4.69, 9.17) is 0 Å². The highest BCUT2D eigenvalue weighted by molar-refractivity contribution is 5.50. The van der Waals surface area contributed by atoms with Crippen LogP contribution in [0, 0.1) is 0 Å². The lowest BCUT2D eigenvalue weighted by molar-refractivity contribution is -0.137. The zero-order valence-electron chi connectivity index (χ0n) is 11.3. The summed E-state index contributed by atoms with van der Waals surface area (Å²) >= 11 is 0. The number of benzene rings is 1. The summed E-state index contributed by atoms with van der Waals surface area (Å²) in [7, 11) is 0. The summed E-state index contributed by atoms with van der Waals surface area (Å²) in [5.41, 5.74) is 0.341. The third-order valence-electron chi connectivity index (χ3n) is 4.42. The van der Waals surface area contributed by atoms with Crippen LogP contribution in [0.25, 0.3) is 0 Å². The first-order chi connectivity index (χ1) is 9.55. The number of fused-ring (bicyclic) bond motifs is 1. The molecule has 110 valence electrons. The smallest absolute Gasteiger partial charge is 0.366 e. The molecule has 2 atom stereocenters. The average Bonchev–Trinajstić information content (AvgIpc) is 2.46. The molecule has 0 unspecified atom stereocenters. The van der Waals surface area contributed by atoms with Crippen molar-refractivity contribution in [3.8, 4) is 0 Å². The number of piperazine rings is 1. The molecule has 1 saturated carbocycles. The molecule has 1 aliphatic heterocycles. The number of alkyl halides is 3. The molecular formula is C15H19F3N2. The second-order valence-corrected chi connectivity index (χ2v) is 5.65. The molecule has 20 heavy (non-hydrogen) atoms. The lowest BCUT2D eigenvalue weighted by atomic mass is 9.87. The van der Waals surface area contributed by atoms with E-state index in [9.17, 15) is 13.2 Å². The Morgan fingerprint density at radius 2 is 1.75 bits per heavy atom. The highest BCUT2D eigenvalue weighted by Crippen LogP contribution is 2.33. The van der Waals surface area contributed by atoms with Crippen LogP contribution in [0.3, 0.4) is 0 Å². The van der Waals surface area contributed by atoms with Gasteiger partial charge in [0.15, 0.2) is 0 Å². The highest BCUT2D eigenvalue weighted by Gasteiger charge is 2.34. The molecule has 0 amide bonds. The molecule has 2 fully saturated rings. The molecule has 3 rings (SSSR count). The summed E-state index contributed by atoms with van der Waals surface area (Å²) in [5, 5.41) is 3.53. The van der Waals surface area contributed by atoms with Gasteiger partial charge in [-0.1, -0.05) is 12.8 Å². The minimum absolute atomic E-state index is 0.425. The van der Waals surface area contributed by atoms with Gasteiger partial charge in [0, 0.05) is 30.9 Å². The molecule has 1 saturated heterocycles. The van der Waals surface area contributed by atoms with Gasteiger partial charge in [-0.25, -0.2) is 0 Å². The van der Waals surface area contributed by atoms with Crippen molar-refractivity contribution in [1.29, 1.82) is 0 Å². The highest BCUT2D eigenvalue weighted by atomic mass is 19.4. The van der Waals surface area contributed by atoms with E-state index >= 15 is 0 Å². The second-order valence-electron chi connectivity index (χ2n) is 5.65. The predicted octanol–water partition coefficient (Wildman–Crippen LogP) is 3.43. The van der Waals surface area contributed by atoms with Crippen molar-refractivity contribution in [2.24, 2.45) is 0 Å². The Morgan fingerprint density at radius 1 is 1.05 bits per heavy atom. The van der Waals surface area contributed by atoms with E-state index in [1.807, 2.05) is 0 Å². The molecule has 0 spiro atoms. The van der Waals surface area contributed by atoms with Crippen LogP contribution >= 0.6 is 0 Å². The fourth-order valence-corrected chi connectivity index (χ4v) is 3.42. The summed E-state index contributed by atoms with van der Waals surface area (Å²) < 4.78 is 37.8. The second kappa shape index (κ2) is 5.28. The van der Waals surface area contributed by atoms with Gasteiger partial charge in [-0.3, -0.25) is 0 Å². The number of anilines is 1. The number of nitrogens with one attached hydrogen (secondary N) is 1. The normalized spacial score (nSPS) is 27.2. The topological polar surface area (TPSA) is 15.3 Å². The van der Waals surface area contributed by atoms with Gasteiger partial charge in [0.25, 0.3) is 0 Å². The van der Waals surface area contributed by atoms with E-state index in [-0.39, 0.29) is 0 Å². The van der Waals surface area contributed by atoms with Crippen LogP contribution in [0.5, 0.6) is 0 Å². The fourth-order valence-electron chi connectivity index (χ4n) is 3.42. The van der Waals surface area contributed by atoms with Crippen LogP contribution in [0.15, 0.2) is 24.3 Å². The van der Waals surface area contributed by atoms with Crippen LogP contribution in [0.4, 0.5) is 18.9 Å². The van der Waals surface area contributed by atoms with Gasteiger partial charge >= 0.3 is 6.18 Å². The summed E-state index contributed by atoms with van der Waals surface area (Å²) in [5.74, 6) is 0. The molecular weight excluding hydrogens is 265 g/mol. The third-order valence-corrected chi connectivity index (χ3v) is 4.42. The summed E-state index contributed by atoms with van der Waals surface area (Å²) in [4.78, 5) is 2.28. The first kappa shape index (κ1) is 13.7. The van der Waals surface area contributed by atoms with Gasteiger partial charge in [-0.2, -0.15) is 13.2 Å². The Bertz CT molecular complexity index is 453. The summed E-state index contributed by atoms with van der Waals surface area (Å²) in [6.45, 7) is 1.77. The lowest BCUT2D eigenvalue weighted by Gasteiger charge is -2.46. The zero-order valence-corrected chi connectivity index (χ0v) is 11.3. The summed E-state index contributed by atoms with van der Waals surface area (Å²) in [6.07, 6.45) is 0.491. The van der Waals surface area contributed by atoms with Gasteiger partial charge in [0.1, 0.15) is 0 Å². The first-order valence-electron chi connectivity index (χ1n) is 7.23. The Labute approximate surface area is 117 Å². The van der Waals surface area contributed by atoms with E-state index in [1.165, 1.54) is 31.4 Å². The molecule has 2 nitrogen and oxygen atoms in total. The molecule has 1 heterocycles. The Hall–Kier alpha value is -1.23. The van der Waals surface area contributed by atoms with Gasteiger partial charge in [-0.15, -0.1) is 0 Å². The van der Waals surface area contributed by atoms with Crippen molar-refractivity contribution < 1.29 is 13.2 Å². The van der Waals surface area contributed by atoms with Gasteiger partial charge in [0.2, 0.25) is 0 Å².